The number of aromatic nitrogens is 4. The number of carbonyl (C=O) groups is 1. The lowest BCUT2D eigenvalue weighted by molar-refractivity contribution is -0.139. The van der Waals surface area contributed by atoms with Gasteiger partial charge in [0.15, 0.2) is 0 Å². The predicted octanol–water partition coefficient (Wildman–Crippen LogP) is 3.77. The number of aromatic amines is 1. The molecule has 2 aromatic heterocycles. The molecule has 1 atom stereocenters. The fraction of sp³-hybridized carbons (Fsp3) is 0.500. The van der Waals surface area contributed by atoms with Crippen LogP contribution in [0.25, 0.3) is 10.9 Å². The van der Waals surface area contributed by atoms with E-state index in [1.54, 1.807) is 6.20 Å². The molecule has 36 heavy (non-hydrogen) atoms. The van der Waals surface area contributed by atoms with Crippen LogP contribution in [0.2, 0.25) is 0 Å². The first-order valence-corrected chi connectivity index (χ1v) is 12.6. The molecule has 3 aromatic rings. The van der Waals surface area contributed by atoms with E-state index in [-0.39, 0.29) is 29.0 Å². The third-order valence-corrected chi connectivity index (χ3v) is 7.59. The molecule has 0 amide bonds. The largest absolute Gasteiger partial charge is 0.481 e. The molecule has 1 spiro atoms. The zero-order valence-corrected chi connectivity index (χ0v) is 21.2. The zero-order valence-electron chi connectivity index (χ0n) is 21.2. The molecule has 2 aliphatic rings. The summed E-state index contributed by atoms with van der Waals surface area (Å²) in [6, 6.07) is 8.40. The van der Waals surface area contributed by atoms with Crippen molar-refractivity contribution in [3.05, 3.63) is 40.8 Å². The van der Waals surface area contributed by atoms with Crippen LogP contribution in [0.15, 0.2) is 35.3 Å². The van der Waals surface area contributed by atoms with E-state index in [0.29, 0.717) is 22.7 Å². The van der Waals surface area contributed by atoms with Gasteiger partial charge in [-0.05, 0) is 76.6 Å². The van der Waals surface area contributed by atoms with E-state index in [0.717, 1.165) is 43.7 Å². The number of carboxylic acids is 1. The number of fused-ring (bicyclic) bond motifs is 1. The van der Waals surface area contributed by atoms with Crippen molar-refractivity contribution >= 4 is 40.0 Å². The molecule has 190 valence electrons. The molecule has 1 aliphatic carbocycles. The van der Waals surface area contributed by atoms with Crippen molar-refractivity contribution in [2.45, 2.75) is 59.0 Å². The minimum Gasteiger partial charge on any atom is -0.481 e. The van der Waals surface area contributed by atoms with Crippen molar-refractivity contribution in [3.63, 3.8) is 0 Å². The van der Waals surface area contributed by atoms with Crippen molar-refractivity contribution in [2.75, 3.05) is 28.2 Å². The van der Waals surface area contributed by atoms with Crippen molar-refractivity contribution in [2.24, 2.45) is 11.3 Å². The lowest BCUT2D eigenvalue weighted by Crippen LogP contribution is -2.38. The van der Waals surface area contributed by atoms with Gasteiger partial charge in [0.05, 0.1) is 12.1 Å². The SMILES string of the molecule is CC(C)N(c1nc(Nc2ccc(N3CCC4(CC3)CC4C(=O)O)cc2)c2c(=O)[nH]ncc2n1)C(C)C. The Morgan fingerprint density at radius 3 is 2.39 bits per heavy atom. The van der Waals surface area contributed by atoms with Gasteiger partial charge in [0.2, 0.25) is 5.95 Å². The Bertz CT molecular complexity index is 1320. The number of piperidine rings is 1. The number of H-pyrrole nitrogens is 1. The number of hydrogen-bond donors (Lipinski definition) is 3. The Labute approximate surface area is 209 Å². The highest BCUT2D eigenvalue weighted by Gasteiger charge is 2.58. The molecule has 1 saturated heterocycles. The standard InChI is InChI=1S/C26H33N7O3/c1-15(2)33(16(3)4)25-29-20-14-27-31-23(34)21(20)22(30-25)28-17-5-7-18(8-6-17)32-11-9-26(10-12-32)13-19(26)24(35)36/h5-8,14-16,19H,9-13H2,1-4H3,(H,31,34)(H,35,36)(H,28,29,30). The van der Waals surface area contributed by atoms with E-state index in [9.17, 15) is 14.7 Å². The number of carboxylic acid groups (broad SMARTS) is 1. The monoisotopic (exact) mass is 491 g/mol. The maximum Gasteiger partial charge on any atom is 0.307 e. The summed E-state index contributed by atoms with van der Waals surface area (Å²) < 4.78 is 0. The molecule has 3 heterocycles. The lowest BCUT2D eigenvalue weighted by Gasteiger charge is -2.34. The first-order chi connectivity index (χ1) is 17.2. The highest BCUT2D eigenvalue weighted by molar-refractivity contribution is 5.90. The third kappa shape index (κ3) is 4.36. The number of hydrogen-bond acceptors (Lipinski definition) is 8. The molecule has 10 nitrogen and oxygen atoms in total. The maximum atomic E-state index is 12.6. The predicted molar refractivity (Wildman–Crippen MR) is 140 cm³/mol. The van der Waals surface area contributed by atoms with E-state index in [1.165, 1.54) is 0 Å². The summed E-state index contributed by atoms with van der Waals surface area (Å²) in [7, 11) is 0. The molecule has 1 aliphatic heterocycles. The second-order valence-corrected chi connectivity index (χ2v) is 10.5. The normalized spacial score (nSPS) is 18.7. The number of nitrogens with zero attached hydrogens (tertiary/aromatic N) is 5. The van der Waals surface area contributed by atoms with Crippen LogP contribution in [-0.4, -0.2) is 56.4 Å². The Morgan fingerprint density at radius 1 is 1.14 bits per heavy atom. The average Bonchev–Trinajstić information content (AvgIpc) is 3.53. The summed E-state index contributed by atoms with van der Waals surface area (Å²) in [5, 5.41) is 19.4. The van der Waals surface area contributed by atoms with Gasteiger partial charge in [0.1, 0.15) is 16.7 Å². The van der Waals surface area contributed by atoms with Crippen LogP contribution in [0.3, 0.4) is 0 Å². The zero-order chi connectivity index (χ0) is 25.6. The second-order valence-electron chi connectivity index (χ2n) is 10.5. The van der Waals surface area contributed by atoms with E-state index in [1.807, 2.05) is 24.3 Å². The summed E-state index contributed by atoms with van der Waals surface area (Å²) >= 11 is 0. The van der Waals surface area contributed by atoms with Gasteiger partial charge in [-0.2, -0.15) is 10.1 Å². The molecular weight excluding hydrogens is 458 g/mol. The molecule has 2 fully saturated rings. The van der Waals surface area contributed by atoms with Gasteiger partial charge in [-0.15, -0.1) is 0 Å². The Balaban J connectivity index is 1.38. The first-order valence-electron chi connectivity index (χ1n) is 12.6. The van der Waals surface area contributed by atoms with Crippen LogP contribution < -0.4 is 20.7 Å². The summed E-state index contributed by atoms with van der Waals surface area (Å²) in [5.41, 5.74) is 2.06. The van der Waals surface area contributed by atoms with E-state index in [2.05, 4.69) is 58.0 Å². The summed E-state index contributed by atoms with van der Waals surface area (Å²) in [5.74, 6) is 0.158. The average molecular weight is 492 g/mol. The molecule has 0 bridgehead atoms. The summed E-state index contributed by atoms with van der Waals surface area (Å²) in [6.07, 6.45) is 4.19. The smallest absolute Gasteiger partial charge is 0.307 e. The van der Waals surface area contributed by atoms with Gasteiger partial charge in [-0.25, -0.2) is 10.1 Å². The molecule has 3 N–H and O–H groups in total. The molecule has 5 rings (SSSR count). The van der Waals surface area contributed by atoms with Crippen LogP contribution in [0.5, 0.6) is 0 Å². The number of benzene rings is 1. The number of rotatable bonds is 7. The number of aliphatic carboxylic acids is 1. The van der Waals surface area contributed by atoms with Crippen molar-refractivity contribution in [3.8, 4) is 0 Å². The highest BCUT2D eigenvalue weighted by Crippen LogP contribution is 2.59. The minimum atomic E-state index is -0.654. The molecule has 1 unspecified atom stereocenters. The number of nitrogens with one attached hydrogen (secondary N) is 2. The van der Waals surface area contributed by atoms with Crippen molar-refractivity contribution in [1.29, 1.82) is 0 Å². The van der Waals surface area contributed by atoms with Crippen LogP contribution in [0, 0.1) is 11.3 Å². The Kier molecular flexibility index (Phi) is 6.05. The molecular formula is C26H33N7O3. The van der Waals surface area contributed by atoms with Gasteiger partial charge in [-0.3, -0.25) is 9.59 Å². The van der Waals surface area contributed by atoms with E-state index < -0.39 is 5.97 Å². The molecule has 0 radical (unpaired) electrons. The number of anilines is 4. The Morgan fingerprint density at radius 2 is 1.81 bits per heavy atom. The quantitative estimate of drug-likeness (QED) is 0.452. The van der Waals surface area contributed by atoms with Crippen molar-refractivity contribution in [1.82, 2.24) is 20.2 Å². The summed E-state index contributed by atoms with van der Waals surface area (Å²) in [6.45, 7) is 10.1. The molecule has 10 heteroatoms. The first kappa shape index (κ1) is 24.0. The second kappa shape index (κ2) is 9.07. The van der Waals surface area contributed by atoms with Crippen LogP contribution in [-0.2, 0) is 4.79 Å². The molecule has 1 saturated carbocycles. The van der Waals surface area contributed by atoms with Crippen LogP contribution in [0.1, 0.15) is 47.0 Å². The minimum absolute atomic E-state index is 0.0113. The van der Waals surface area contributed by atoms with Gasteiger partial charge < -0.3 is 20.2 Å². The van der Waals surface area contributed by atoms with Gasteiger partial charge in [-0.1, -0.05) is 0 Å². The van der Waals surface area contributed by atoms with Gasteiger partial charge in [0, 0.05) is 36.5 Å². The van der Waals surface area contributed by atoms with Crippen LogP contribution in [0.4, 0.5) is 23.1 Å². The van der Waals surface area contributed by atoms with Crippen molar-refractivity contribution < 1.29 is 9.90 Å². The lowest BCUT2D eigenvalue weighted by atomic mass is 9.90. The fourth-order valence-corrected chi connectivity index (χ4v) is 5.61. The van der Waals surface area contributed by atoms with E-state index >= 15 is 0 Å². The maximum absolute atomic E-state index is 12.6. The van der Waals surface area contributed by atoms with Crippen LogP contribution >= 0.6 is 0 Å². The highest BCUT2D eigenvalue weighted by atomic mass is 16.4. The van der Waals surface area contributed by atoms with Gasteiger partial charge >= 0.3 is 5.97 Å². The topological polar surface area (TPSA) is 127 Å². The third-order valence-electron chi connectivity index (χ3n) is 7.59. The van der Waals surface area contributed by atoms with E-state index in [4.69, 9.17) is 4.98 Å². The summed E-state index contributed by atoms with van der Waals surface area (Å²) in [4.78, 5) is 37.8. The van der Waals surface area contributed by atoms with Gasteiger partial charge in [0.25, 0.3) is 5.56 Å². The molecule has 1 aromatic carbocycles. The Hall–Kier alpha value is -3.69. The fourth-order valence-electron chi connectivity index (χ4n) is 5.61.